The number of amides is 1. The molecule has 2 aromatic heterocycles. The van der Waals surface area contributed by atoms with Crippen LogP contribution >= 0.6 is 0 Å². The normalized spacial score (nSPS) is 27.5. The second-order valence-electron chi connectivity index (χ2n) is 6.34. The lowest BCUT2D eigenvalue weighted by molar-refractivity contribution is 0.0285. The van der Waals surface area contributed by atoms with Crippen molar-refractivity contribution in [3.8, 4) is 0 Å². The van der Waals surface area contributed by atoms with Crippen LogP contribution in [0.25, 0.3) is 5.65 Å². The summed E-state index contributed by atoms with van der Waals surface area (Å²) in [4.78, 5) is 29.5. The predicted molar refractivity (Wildman–Crippen MR) is 78.8 cm³/mol. The van der Waals surface area contributed by atoms with E-state index in [-0.39, 0.29) is 35.2 Å². The second kappa shape index (κ2) is 4.67. The van der Waals surface area contributed by atoms with Crippen molar-refractivity contribution >= 4 is 11.6 Å². The Balaban J connectivity index is 1.74. The van der Waals surface area contributed by atoms with E-state index in [9.17, 15) is 14.7 Å². The molecule has 1 amide bonds. The summed E-state index contributed by atoms with van der Waals surface area (Å²) < 4.78 is 1.53. The first-order chi connectivity index (χ1) is 10.5. The highest BCUT2D eigenvalue weighted by molar-refractivity contribution is 5.94. The summed E-state index contributed by atoms with van der Waals surface area (Å²) >= 11 is 0. The van der Waals surface area contributed by atoms with E-state index in [1.165, 1.54) is 10.7 Å². The van der Waals surface area contributed by atoms with E-state index in [1.807, 2.05) is 6.92 Å². The molecule has 22 heavy (non-hydrogen) atoms. The van der Waals surface area contributed by atoms with Crippen LogP contribution in [0.15, 0.2) is 17.1 Å². The molecule has 4 heterocycles. The first kappa shape index (κ1) is 13.5. The van der Waals surface area contributed by atoms with Crippen LogP contribution in [-0.2, 0) is 0 Å². The number of piperidine rings is 1. The maximum absolute atomic E-state index is 12.8. The van der Waals surface area contributed by atoms with Gasteiger partial charge in [0.15, 0.2) is 0 Å². The molecule has 1 unspecified atom stereocenters. The molecule has 7 heteroatoms. The predicted octanol–water partition coefficient (Wildman–Crippen LogP) is 0.459. The molecule has 2 bridgehead atoms. The van der Waals surface area contributed by atoms with Gasteiger partial charge < -0.3 is 15.0 Å². The van der Waals surface area contributed by atoms with Crippen LogP contribution in [0, 0.1) is 6.92 Å². The van der Waals surface area contributed by atoms with Gasteiger partial charge in [-0.05, 0) is 32.6 Å². The number of H-pyrrole nitrogens is 1. The molecule has 7 nitrogen and oxygen atoms in total. The summed E-state index contributed by atoms with van der Waals surface area (Å²) in [7, 11) is 0. The molecule has 0 aromatic carbocycles. The number of aliphatic hydroxyl groups is 1. The topological polar surface area (TPSA) is 90.7 Å². The fraction of sp³-hybridized carbons (Fsp3) is 0.533. The first-order valence-electron chi connectivity index (χ1n) is 7.63. The summed E-state index contributed by atoms with van der Waals surface area (Å²) in [6.07, 6.45) is 4.17. The zero-order valence-electron chi connectivity index (χ0n) is 12.3. The Morgan fingerprint density at radius 3 is 2.73 bits per heavy atom. The molecule has 2 aromatic rings. The van der Waals surface area contributed by atoms with Gasteiger partial charge in [-0.15, -0.1) is 0 Å². The van der Waals surface area contributed by atoms with Crippen molar-refractivity contribution < 1.29 is 9.90 Å². The number of rotatable bonds is 1. The van der Waals surface area contributed by atoms with Gasteiger partial charge in [-0.1, -0.05) is 0 Å². The summed E-state index contributed by atoms with van der Waals surface area (Å²) in [6, 6.07) is 1.84. The molecule has 2 fully saturated rings. The van der Waals surface area contributed by atoms with Gasteiger partial charge >= 0.3 is 0 Å². The van der Waals surface area contributed by atoms with Crippen LogP contribution in [0.4, 0.5) is 0 Å². The Hall–Kier alpha value is -2.15. The van der Waals surface area contributed by atoms with E-state index in [4.69, 9.17) is 0 Å². The van der Waals surface area contributed by atoms with E-state index < -0.39 is 0 Å². The summed E-state index contributed by atoms with van der Waals surface area (Å²) in [5.41, 5.74) is 1.09. The summed E-state index contributed by atoms with van der Waals surface area (Å²) in [5.74, 6) is -0.254. The Labute approximate surface area is 126 Å². The van der Waals surface area contributed by atoms with E-state index in [1.54, 1.807) is 11.0 Å². The molecular weight excluding hydrogens is 284 g/mol. The van der Waals surface area contributed by atoms with Crippen LogP contribution in [0.3, 0.4) is 0 Å². The number of aliphatic hydroxyl groups excluding tert-OH is 1. The molecular formula is C15H18N4O3. The van der Waals surface area contributed by atoms with E-state index >= 15 is 0 Å². The third-order valence-corrected chi connectivity index (χ3v) is 4.77. The molecule has 0 radical (unpaired) electrons. The number of hydrogen-bond acceptors (Lipinski definition) is 4. The largest absolute Gasteiger partial charge is 0.393 e. The van der Waals surface area contributed by atoms with Crippen LogP contribution < -0.4 is 5.56 Å². The Morgan fingerprint density at radius 1 is 1.36 bits per heavy atom. The molecule has 0 aliphatic carbocycles. The molecule has 2 saturated heterocycles. The number of carbonyl (C=O) groups is 1. The molecule has 0 spiro atoms. The minimum Gasteiger partial charge on any atom is -0.393 e. The lowest BCUT2D eigenvalue weighted by Crippen LogP contribution is -2.49. The zero-order chi connectivity index (χ0) is 15.4. The number of aromatic nitrogens is 3. The minimum absolute atomic E-state index is 0.0377. The number of nitrogens with one attached hydrogen (secondary N) is 1. The van der Waals surface area contributed by atoms with Gasteiger partial charge in [0, 0.05) is 24.3 Å². The monoisotopic (exact) mass is 302 g/mol. The standard InChI is InChI=1S/C15H18N4O3/c1-8-4-13-16-14(21)12(7-18(13)17-8)15(22)19-9-2-3-10(19)6-11(20)5-9/h4,7,9-11,20H,2-3,5-6H2,1H3,(H,16,21)/t9-,10+,11?. The molecule has 2 aliphatic rings. The van der Waals surface area contributed by atoms with Crippen LogP contribution in [0.2, 0.25) is 0 Å². The van der Waals surface area contributed by atoms with E-state index in [0.717, 1.165) is 18.5 Å². The maximum Gasteiger partial charge on any atom is 0.264 e. The third-order valence-electron chi connectivity index (χ3n) is 4.77. The molecule has 2 aliphatic heterocycles. The van der Waals surface area contributed by atoms with E-state index in [0.29, 0.717) is 18.5 Å². The average molecular weight is 302 g/mol. The van der Waals surface area contributed by atoms with Crippen LogP contribution in [-0.4, -0.2) is 48.7 Å². The highest BCUT2D eigenvalue weighted by atomic mass is 16.3. The van der Waals surface area contributed by atoms with Crippen molar-refractivity contribution in [1.29, 1.82) is 0 Å². The van der Waals surface area contributed by atoms with Crippen LogP contribution in [0.1, 0.15) is 41.7 Å². The van der Waals surface area contributed by atoms with Crippen molar-refractivity contribution in [2.24, 2.45) is 0 Å². The zero-order valence-corrected chi connectivity index (χ0v) is 12.3. The number of nitrogens with zero attached hydrogens (tertiary/aromatic N) is 3. The third kappa shape index (κ3) is 1.96. The molecule has 4 rings (SSSR count). The van der Waals surface area contributed by atoms with Crippen molar-refractivity contribution in [3.05, 3.63) is 33.9 Å². The van der Waals surface area contributed by atoms with Crippen LogP contribution in [0.5, 0.6) is 0 Å². The molecule has 116 valence electrons. The van der Waals surface area contributed by atoms with Crippen molar-refractivity contribution in [2.75, 3.05) is 0 Å². The van der Waals surface area contributed by atoms with Gasteiger partial charge in [0.25, 0.3) is 11.5 Å². The van der Waals surface area contributed by atoms with Gasteiger partial charge in [0.05, 0.1) is 11.8 Å². The SMILES string of the molecule is Cc1cc2[nH]c(=O)c(C(=O)N3[C@@H]4CC[C@H]3CC(O)C4)cn2n1. The Bertz CT molecular complexity index is 795. The fourth-order valence-electron chi connectivity index (χ4n) is 3.84. The smallest absolute Gasteiger partial charge is 0.264 e. The summed E-state index contributed by atoms with van der Waals surface area (Å²) in [5, 5.41) is 14.1. The van der Waals surface area contributed by atoms with E-state index in [2.05, 4.69) is 10.1 Å². The number of aromatic amines is 1. The quantitative estimate of drug-likeness (QED) is 0.800. The van der Waals surface area contributed by atoms with Gasteiger partial charge in [-0.2, -0.15) is 5.10 Å². The summed E-state index contributed by atoms with van der Waals surface area (Å²) in [6.45, 7) is 1.83. The highest BCUT2D eigenvalue weighted by Gasteiger charge is 2.43. The van der Waals surface area contributed by atoms with Crippen molar-refractivity contribution in [2.45, 2.75) is 50.8 Å². The first-order valence-corrected chi connectivity index (χ1v) is 7.63. The van der Waals surface area contributed by atoms with Gasteiger partial charge in [-0.25, -0.2) is 4.52 Å². The number of fused-ring (bicyclic) bond motifs is 3. The number of carbonyl (C=O) groups excluding carboxylic acids is 1. The fourth-order valence-corrected chi connectivity index (χ4v) is 3.84. The number of hydrogen-bond donors (Lipinski definition) is 2. The molecule has 2 N–H and O–H groups in total. The lowest BCUT2D eigenvalue weighted by Gasteiger charge is -2.37. The Kier molecular flexibility index (Phi) is 2.87. The highest BCUT2D eigenvalue weighted by Crippen LogP contribution is 2.36. The van der Waals surface area contributed by atoms with Crippen molar-refractivity contribution in [1.82, 2.24) is 19.5 Å². The second-order valence-corrected chi connectivity index (χ2v) is 6.34. The Morgan fingerprint density at radius 2 is 2.05 bits per heavy atom. The lowest BCUT2D eigenvalue weighted by atomic mass is 9.99. The van der Waals surface area contributed by atoms with Crippen molar-refractivity contribution in [3.63, 3.8) is 0 Å². The molecule has 0 saturated carbocycles. The van der Waals surface area contributed by atoms with Gasteiger partial charge in [0.2, 0.25) is 0 Å². The maximum atomic E-state index is 12.8. The van der Waals surface area contributed by atoms with Gasteiger partial charge in [0.1, 0.15) is 11.2 Å². The molecule has 3 atom stereocenters. The minimum atomic E-state index is -0.386. The van der Waals surface area contributed by atoms with Gasteiger partial charge in [-0.3, -0.25) is 9.59 Å². The average Bonchev–Trinajstić information content (AvgIpc) is 2.94. The number of aryl methyl sites for hydroxylation is 1.